The number of hydrogen-bond acceptors (Lipinski definition) is 3. The summed E-state index contributed by atoms with van der Waals surface area (Å²) in [5.41, 5.74) is 3.25. The highest BCUT2D eigenvalue weighted by atomic mass is 16.5. The van der Waals surface area contributed by atoms with E-state index in [1.807, 2.05) is 24.3 Å². The first kappa shape index (κ1) is 14.3. The molecule has 4 nitrogen and oxygen atoms in total. The van der Waals surface area contributed by atoms with Crippen LogP contribution in [0.3, 0.4) is 0 Å². The highest BCUT2D eigenvalue weighted by molar-refractivity contribution is 5.78. The number of nitrogens with one attached hydrogen (secondary N) is 1. The van der Waals surface area contributed by atoms with Gasteiger partial charge in [0.25, 0.3) is 0 Å². The molecule has 1 aliphatic heterocycles. The third-order valence-corrected chi connectivity index (χ3v) is 4.66. The number of carbonyl (C=O) groups is 1. The lowest BCUT2D eigenvalue weighted by Crippen LogP contribution is -2.49. The van der Waals surface area contributed by atoms with Crippen molar-refractivity contribution in [2.75, 3.05) is 13.2 Å². The Hall–Kier alpha value is -2.33. The lowest BCUT2D eigenvalue weighted by molar-refractivity contribution is -0.144. The number of fused-ring (bicyclic) bond motifs is 2. The molecule has 1 aliphatic carbocycles. The van der Waals surface area contributed by atoms with Crippen LogP contribution in [0, 0.1) is 0 Å². The molecule has 4 heteroatoms. The van der Waals surface area contributed by atoms with Crippen LogP contribution < -0.4 is 10.1 Å². The summed E-state index contributed by atoms with van der Waals surface area (Å²) < 4.78 is 11.8. The van der Waals surface area contributed by atoms with Crippen molar-refractivity contribution in [2.45, 2.75) is 25.0 Å². The summed E-state index contributed by atoms with van der Waals surface area (Å²) in [6.45, 7) is 1.27. The van der Waals surface area contributed by atoms with Crippen molar-refractivity contribution in [3.05, 3.63) is 65.2 Å². The van der Waals surface area contributed by atoms with Gasteiger partial charge in [0, 0.05) is 0 Å². The smallest absolute Gasteiger partial charge is 0.246 e. The van der Waals surface area contributed by atoms with Crippen molar-refractivity contribution >= 4 is 5.91 Å². The van der Waals surface area contributed by atoms with Crippen molar-refractivity contribution in [3.63, 3.8) is 0 Å². The molecule has 0 saturated carbocycles. The number of hydrogen-bond donors (Lipinski definition) is 1. The SMILES string of the molecule is O=C1COC2(CCc3cc(OCc4ccccc4)ccc32)CN1. The van der Waals surface area contributed by atoms with E-state index in [4.69, 9.17) is 9.47 Å². The summed E-state index contributed by atoms with van der Waals surface area (Å²) in [5.74, 6) is 0.844. The fourth-order valence-corrected chi connectivity index (χ4v) is 3.40. The van der Waals surface area contributed by atoms with Crippen LogP contribution in [-0.2, 0) is 28.2 Å². The van der Waals surface area contributed by atoms with Gasteiger partial charge in [0.15, 0.2) is 0 Å². The second-order valence-corrected chi connectivity index (χ2v) is 6.15. The second kappa shape index (κ2) is 5.70. The van der Waals surface area contributed by atoms with Crippen LogP contribution in [0.5, 0.6) is 5.75 Å². The molecule has 1 amide bonds. The Balaban J connectivity index is 1.50. The quantitative estimate of drug-likeness (QED) is 0.948. The first-order valence-corrected chi connectivity index (χ1v) is 7.96. The maximum Gasteiger partial charge on any atom is 0.246 e. The zero-order valence-electron chi connectivity index (χ0n) is 12.9. The average Bonchev–Trinajstić information content (AvgIpc) is 2.95. The molecule has 1 saturated heterocycles. The molecule has 0 radical (unpaired) electrons. The van der Waals surface area contributed by atoms with Crippen molar-refractivity contribution in [1.29, 1.82) is 0 Å². The summed E-state index contributed by atoms with van der Waals surface area (Å²) in [6, 6.07) is 16.3. The molecule has 4 rings (SSSR count). The van der Waals surface area contributed by atoms with E-state index in [-0.39, 0.29) is 18.1 Å². The summed E-state index contributed by atoms with van der Waals surface area (Å²) in [6.07, 6.45) is 1.86. The van der Waals surface area contributed by atoms with E-state index in [0.29, 0.717) is 13.2 Å². The predicted molar refractivity (Wildman–Crippen MR) is 86.2 cm³/mol. The van der Waals surface area contributed by atoms with Crippen LogP contribution >= 0.6 is 0 Å². The maximum atomic E-state index is 11.3. The Morgan fingerprint density at radius 3 is 2.83 bits per heavy atom. The van der Waals surface area contributed by atoms with E-state index in [1.54, 1.807) is 0 Å². The van der Waals surface area contributed by atoms with Gasteiger partial charge in [-0.25, -0.2) is 0 Å². The Morgan fingerprint density at radius 1 is 1.17 bits per heavy atom. The molecule has 118 valence electrons. The Bertz CT molecular complexity index is 717. The minimum Gasteiger partial charge on any atom is -0.489 e. The summed E-state index contributed by atoms with van der Waals surface area (Å²) in [7, 11) is 0. The first-order valence-electron chi connectivity index (χ1n) is 7.96. The minimum atomic E-state index is -0.346. The Labute approximate surface area is 135 Å². The lowest BCUT2D eigenvalue weighted by atomic mass is 9.94. The first-order chi connectivity index (χ1) is 11.3. The van der Waals surface area contributed by atoms with Crippen molar-refractivity contribution in [3.8, 4) is 5.75 Å². The second-order valence-electron chi connectivity index (χ2n) is 6.15. The molecular formula is C19H19NO3. The standard InChI is InChI=1S/C19H19NO3/c21-18-12-23-19(13-20-18)9-8-15-10-16(6-7-17(15)19)22-11-14-4-2-1-3-5-14/h1-7,10H,8-9,11-13H2,(H,20,21). The zero-order chi connectivity index (χ0) is 15.7. The summed E-state index contributed by atoms with van der Waals surface area (Å²) in [5, 5.41) is 2.92. The number of morpholine rings is 1. The molecule has 0 bridgehead atoms. The summed E-state index contributed by atoms with van der Waals surface area (Å²) >= 11 is 0. The fraction of sp³-hybridized carbons (Fsp3) is 0.316. The van der Waals surface area contributed by atoms with E-state index in [9.17, 15) is 4.79 Å². The van der Waals surface area contributed by atoms with Gasteiger partial charge in [0.1, 0.15) is 24.6 Å². The van der Waals surface area contributed by atoms with Gasteiger partial charge in [0.2, 0.25) is 5.91 Å². The third kappa shape index (κ3) is 2.70. The highest BCUT2D eigenvalue weighted by Gasteiger charge is 2.42. The normalized spacial score (nSPS) is 22.7. The van der Waals surface area contributed by atoms with Crippen molar-refractivity contribution < 1.29 is 14.3 Å². The summed E-state index contributed by atoms with van der Waals surface area (Å²) in [4.78, 5) is 11.3. The topological polar surface area (TPSA) is 47.6 Å². The fourth-order valence-electron chi connectivity index (χ4n) is 3.40. The molecule has 0 aromatic heterocycles. The van der Waals surface area contributed by atoms with Gasteiger partial charge < -0.3 is 14.8 Å². The highest BCUT2D eigenvalue weighted by Crippen LogP contribution is 2.42. The van der Waals surface area contributed by atoms with E-state index in [2.05, 4.69) is 29.6 Å². The minimum absolute atomic E-state index is 0.0353. The van der Waals surface area contributed by atoms with Crippen LogP contribution in [0.1, 0.15) is 23.1 Å². The van der Waals surface area contributed by atoms with E-state index >= 15 is 0 Å². The molecular weight excluding hydrogens is 290 g/mol. The average molecular weight is 309 g/mol. The molecule has 2 aliphatic rings. The van der Waals surface area contributed by atoms with Crippen LogP contribution in [0.2, 0.25) is 0 Å². The van der Waals surface area contributed by atoms with Crippen molar-refractivity contribution in [1.82, 2.24) is 5.32 Å². The number of benzene rings is 2. The van der Waals surface area contributed by atoms with Gasteiger partial charge in [-0.3, -0.25) is 4.79 Å². The van der Waals surface area contributed by atoms with Crippen LogP contribution in [-0.4, -0.2) is 19.1 Å². The number of carbonyl (C=O) groups excluding carboxylic acids is 1. The van der Waals surface area contributed by atoms with Gasteiger partial charge in [-0.05, 0) is 41.7 Å². The lowest BCUT2D eigenvalue weighted by Gasteiger charge is -2.34. The van der Waals surface area contributed by atoms with E-state index in [1.165, 1.54) is 11.1 Å². The molecule has 23 heavy (non-hydrogen) atoms. The van der Waals surface area contributed by atoms with E-state index in [0.717, 1.165) is 24.2 Å². The maximum absolute atomic E-state index is 11.3. The molecule has 1 fully saturated rings. The number of rotatable bonds is 3. The largest absolute Gasteiger partial charge is 0.489 e. The molecule has 2 aromatic rings. The molecule has 1 spiro atoms. The van der Waals surface area contributed by atoms with Gasteiger partial charge in [-0.2, -0.15) is 0 Å². The molecule has 1 unspecified atom stereocenters. The van der Waals surface area contributed by atoms with Crippen LogP contribution in [0.25, 0.3) is 0 Å². The number of amides is 1. The van der Waals surface area contributed by atoms with Gasteiger partial charge in [0.05, 0.1) is 6.54 Å². The van der Waals surface area contributed by atoms with Gasteiger partial charge in [-0.15, -0.1) is 0 Å². The Kier molecular flexibility index (Phi) is 3.54. The number of ether oxygens (including phenoxy) is 2. The van der Waals surface area contributed by atoms with Crippen LogP contribution in [0.15, 0.2) is 48.5 Å². The van der Waals surface area contributed by atoms with Crippen molar-refractivity contribution in [2.24, 2.45) is 0 Å². The number of aryl methyl sites for hydroxylation is 1. The molecule has 2 aromatic carbocycles. The Morgan fingerprint density at radius 2 is 2.04 bits per heavy atom. The van der Waals surface area contributed by atoms with Crippen LogP contribution in [0.4, 0.5) is 0 Å². The third-order valence-electron chi connectivity index (χ3n) is 4.66. The molecule has 1 heterocycles. The zero-order valence-corrected chi connectivity index (χ0v) is 12.9. The molecule has 1 atom stereocenters. The van der Waals surface area contributed by atoms with Gasteiger partial charge in [-0.1, -0.05) is 36.4 Å². The molecule has 1 N–H and O–H groups in total. The van der Waals surface area contributed by atoms with Gasteiger partial charge >= 0.3 is 0 Å². The van der Waals surface area contributed by atoms with E-state index < -0.39 is 0 Å². The predicted octanol–water partition coefficient (Wildman–Crippen LogP) is 2.55. The monoisotopic (exact) mass is 309 g/mol.